The van der Waals surface area contributed by atoms with Crippen LogP contribution in [0.4, 0.5) is 0 Å². The van der Waals surface area contributed by atoms with Crippen LogP contribution in [0.2, 0.25) is 0 Å². The van der Waals surface area contributed by atoms with E-state index in [1.54, 1.807) is 13.8 Å². The number of amides is 2. The maximum atomic E-state index is 11.8. The van der Waals surface area contributed by atoms with Gasteiger partial charge in [-0.2, -0.15) is 12.6 Å². The van der Waals surface area contributed by atoms with Crippen LogP contribution < -0.4 is 16.4 Å². The van der Waals surface area contributed by atoms with Crippen molar-refractivity contribution in [2.24, 2.45) is 11.7 Å². The molecule has 2 amide bonds. The van der Waals surface area contributed by atoms with Gasteiger partial charge in [0.15, 0.2) is 0 Å². The Morgan fingerprint density at radius 1 is 1.28 bits per heavy atom. The molecule has 2 atom stereocenters. The zero-order valence-corrected chi connectivity index (χ0v) is 11.2. The molecule has 0 fully saturated rings. The van der Waals surface area contributed by atoms with Crippen molar-refractivity contribution in [3.05, 3.63) is 0 Å². The van der Waals surface area contributed by atoms with Crippen molar-refractivity contribution in [2.45, 2.75) is 25.9 Å². The molecule has 0 rings (SSSR count). The third kappa shape index (κ3) is 5.37. The minimum atomic E-state index is -1.17. The standard InChI is InChI=1S/C10H19N3O4S/c1-5(2)8(13-7(14)3-11)9(15)12-6(4-18)10(16)17/h5-6,8,18H,3-4,11H2,1-2H3,(H,12,15)(H,13,14)(H,16,17)/t6-,8-/m0/s1. The number of rotatable bonds is 7. The topological polar surface area (TPSA) is 122 Å². The lowest BCUT2D eigenvalue weighted by Gasteiger charge is -2.23. The SMILES string of the molecule is CC(C)[C@H](NC(=O)CN)C(=O)N[C@@H](CS)C(=O)O. The van der Waals surface area contributed by atoms with Gasteiger partial charge < -0.3 is 21.5 Å². The number of thiol groups is 1. The summed E-state index contributed by atoms with van der Waals surface area (Å²) in [5.74, 6) is -2.42. The van der Waals surface area contributed by atoms with E-state index in [2.05, 4.69) is 23.3 Å². The molecule has 0 bridgehead atoms. The molecule has 0 heterocycles. The molecular formula is C10H19N3O4S. The summed E-state index contributed by atoms with van der Waals surface area (Å²) in [4.78, 5) is 33.8. The second-order valence-corrected chi connectivity index (χ2v) is 4.44. The van der Waals surface area contributed by atoms with Crippen molar-refractivity contribution in [1.29, 1.82) is 0 Å². The third-order valence-electron chi connectivity index (χ3n) is 2.25. The molecule has 0 spiro atoms. The summed E-state index contributed by atoms with van der Waals surface area (Å²) in [6.07, 6.45) is 0. The van der Waals surface area contributed by atoms with E-state index in [1.165, 1.54) is 0 Å². The van der Waals surface area contributed by atoms with Crippen LogP contribution in [0.5, 0.6) is 0 Å². The Labute approximate surface area is 111 Å². The van der Waals surface area contributed by atoms with E-state index in [1.807, 2.05) is 0 Å². The molecule has 0 aromatic carbocycles. The number of nitrogens with two attached hydrogens (primary N) is 1. The van der Waals surface area contributed by atoms with Gasteiger partial charge in [0.25, 0.3) is 0 Å². The predicted molar refractivity (Wildman–Crippen MR) is 69.2 cm³/mol. The highest BCUT2D eigenvalue weighted by molar-refractivity contribution is 7.80. The number of nitrogens with one attached hydrogen (secondary N) is 2. The van der Waals surface area contributed by atoms with Gasteiger partial charge in [-0.25, -0.2) is 4.79 Å². The fraction of sp³-hybridized carbons (Fsp3) is 0.700. The number of carbonyl (C=O) groups excluding carboxylic acids is 2. The van der Waals surface area contributed by atoms with Crippen LogP contribution >= 0.6 is 12.6 Å². The monoisotopic (exact) mass is 277 g/mol. The Bertz CT molecular complexity index is 322. The molecule has 104 valence electrons. The van der Waals surface area contributed by atoms with Gasteiger partial charge in [0, 0.05) is 5.75 Å². The Morgan fingerprint density at radius 2 is 1.83 bits per heavy atom. The van der Waals surface area contributed by atoms with E-state index in [4.69, 9.17) is 10.8 Å². The fourth-order valence-electron chi connectivity index (χ4n) is 1.21. The van der Waals surface area contributed by atoms with Crippen LogP contribution in [0.25, 0.3) is 0 Å². The first-order valence-electron chi connectivity index (χ1n) is 5.46. The summed E-state index contributed by atoms with van der Waals surface area (Å²) in [7, 11) is 0. The highest BCUT2D eigenvalue weighted by Gasteiger charge is 2.27. The fourth-order valence-corrected chi connectivity index (χ4v) is 1.46. The van der Waals surface area contributed by atoms with E-state index < -0.39 is 29.9 Å². The van der Waals surface area contributed by atoms with Crippen LogP contribution in [-0.2, 0) is 14.4 Å². The van der Waals surface area contributed by atoms with Gasteiger partial charge in [-0.05, 0) is 5.92 Å². The summed E-state index contributed by atoms with van der Waals surface area (Å²) in [6.45, 7) is 3.24. The molecule has 7 nitrogen and oxygen atoms in total. The van der Waals surface area contributed by atoms with Crippen LogP contribution in [0.15, 0.2) is 0 Å². The normalized spacial score (nSPS) is 13.8. The lowest BCUT2D eigenvalue weighted by molar-refractivity contribution is -0.141. The molecule has 0 saturated carbocycles. The average molecular weight is 277 g/mol. The molecule has 8 heteroatoms. The van der Waals surface area contributed by atoms with Gasteiger partial charge in [-0.3, -0.25) is 9.59 Å². The third-order valence-corrected chi connectivity index (χ3v) is 2.61. The number of aliphatic carboxylic acids is 1. The molecule has 0 aliphatic heterocycles. The highest BCUT2D eigenvalue weighted by atomic mass is 32.1. The van der Waals surface area contributed by atoms with Crippen molar-refractivity contribution >= 4 is 30.4 Å². The van der Waals surface area contributed by atoms with Crippen LogP contribution in [0.1, 0.15) is 13.8 Å². The van der Waals surface area contributed by atoms with Gasteiger partial charge in [-0.15, -0.1) is 0 Å². The summed E-state index contributed by atoms with van der Waals surface area (Å²) in [6, 6.07) is -1.90. The minimum absolute atomic E-state index is 0.0310. The molecule has 18 heavy (non-hydrogen) atoms. The molecular weight excluding hydrogens is 258 g/mol. The number of hydrogen-bond acceptors (Lipinski definition) is 5. The van der Waals surface area contributed by atoms with Gasteiger partial charge in [0.2, 0.25) is 11.8 Å². The zero-order valence-electron chi connectivity index (χ0n) is 10.3. The number of carboxylic acid groups (broad SMARTS) is 1. The van der Waals surface area contributed by atoms with Crippen molar-refractivity contribution in [1.82, 2.24) is 10.6 Å². The summed E-state index contributed by atoms with van der Waals surface area (Å²) in [5.41, 5.74) is 5.15. The van der Waals surface area contributed by atoms with Crippen LogP contribution in [-0.4, -0.2) is 47.3 Å². The second-order valence-electron chi connectivity index (χ2n) is 4.08. The summed E-state index contributed by atoms with van der Waals surface area (Å²) in [5, 5.41) is 13.5. The van der Waals surface area contributed by atoms with Gasteiger partial charge in [0.1, 0.15) is 12.1 Å². The largest absolute Gasteiger partial charge is 0.480 e. The molecule has 0 aliphatic rings. The quantitative estimate of drug-likeness (QED) is 0.366. The number of carbonyl (C=O) groups is 3. The van der Waals surface area contributed by atoms with E-state index in [-0.39, 0.29) is 18.2 Å². The minimum Gasteiger partial charge on any atom is -0.480 e. The molecule has 0 radical (unpaired) electrons. The molecule has 0 unspecified atom stereocenters. The predicted octanol–water partition coefficient (Wildman–Crippen LogP) is -1.41. The zero-order chi connectivity index (χ0) is 14.3. The van der Waals surface area contributed by atoms with Crippen LogP contribution in [0, 0.1) is 5.92 Å². The summed E-state index contributed by atoms with van der Waals surface area (Å²) >= 11 is 3.84. The molecule has 0 saturated heterocycles. The smallest absolute Gasteiger partial charge is 0.327 e. The second kappa shape index (κ2) is 7.93. The average Bonchev–Trinajstić information content (AvgIpc) is 2.31. The Morgan fingerprint density at radius 3 is 2.17 bits per heavy atom. The molecule has 0 aromatic rings. The number of hydrogen-bond donors (Lipinski definition) is 5. The van der Waals surface area contributed by atoms with Gasteiger partial charge in [-0.1, -0.05) is 13.8 Å². The van der Waals surface area contributed by atoms with E-state index in [9.17, 15) is 14.4 Å². The lowest BCUT2D eigenvalue weighted by Crippen LogP contribution is -2.55. The van der Waals surface area contributed by atoms with Gasteiger partial charge >= 0.3 is 5.97 Å². The maximum absolute atomic E-state index is 11.8. The number of carboxylic acids is 1. The van der Waals surface area contributed by atoms with E-state index >= 15 is 0 Å². The van der Waals surface area contributed by atoms with Crippen molar-refractivity contribution in [3.8, 4) is 0 Å². The Kier molecular flexibility index (Phi) is 7.37. The molecule has 0 aliphatic carbocycles. The first-order valence-corrected chi connectivity index (χ1v) is 6.10. The highest BCUT2D eigenvalue weighted by Crippen LogP contribution is 2.02. The first kappa shape index (κ1) is 16.7. The van der Waals surface area contributed by atoms with Gasteiger partial charge in [0.05, 0.1) is 6.54 Å². The maximum Gasteiger partial charge on any atom is 0.327 e. The van der Waals surface area contributed by atoms with Crippen molar-refractivity contribution in [3.63, 3.8) is 0 Å². The van der Waals surface area contributed by atoms with Crippen molar-refractivity contribution in [2.75, 3.05) is 12.3 Å². The van der Waals surface area contributed by atoms with Crippen molar-refractivity contribution < 1.29 is 19.5 Å². The Hall–Kier alpha value is -1.28. The Balaban J connectivity index is 4.66. The van der Waals surface area contributed by atoms with E-state index in [0.717, 1.165) is 0 Å². The van der Waals surface area contributed by atoms with Crippen LogP contribution in [0.3, 0.4) is 0 Å². The lowest BCUT2D eigenvalue weighted by atomic mass is 10.0. The molecule has 5 N–H and O–H groups in total. The summed E-state index contributed by atoms with van der Waals surface area (Å²) < 4.78 is 0. The molecule has 0 aromatic heterocycles. The first-order chi connectivity index (χ1) is 8.33. The van der Waals surface area contributed by atoms with E-state index in [0.29, 0.717) is 0 Å².